The topological polar surface area (TPSA) is 119 Å². The Bertz CT molecular complexity index is 1470. The number of hydrogen-bond acceptors (Lipinski definition) is 7. The molecule has 0 aliphatic carbocycles. The van der Waals surface area contributed by atoms with Crippen molar-refractivity contribution in [2.45, 2.75) is 6.54 Å². The number of amides is 2. The fraction of sp³-hybridized carbons (Fsp3) is 0.214. The number of aromatic nitrogens is 1. The van der Waals surface area contributed by atoms with Gasteiger partial charge in [-0.05, 0) is 29.1 Å². The number of nitrogens with one attached hydrogen (secondary N) is 2. The third-order valence-corrected chi connectivity index (χ3v) is 6.44. The van der Waals surface area contributed by atoms with Crippen molar-refractivity contribution in [3.8, 4) is 16.9 Å². The van der Waals surface area contributed by atoms with Gasteiger partial charge in [0, 0.05) is 42.8 Å². The monoisotopic (exact) mass is 513 g/mol. The van der Waals surface area contributed by atoms with Gasteiger partial charge in [-0.3, -0.25) is 20.0 Å². The van der Waals surface area contributed by atoms with E-state index in [1.54, 1.807) is 0 Å². The number of nitro groups is 1. The van der Waals surface area contributed by atoms with Crippen LogP contribution >= 0.6 is 0 Å². The third-order valence-electron chi connectivity index (χ3n) is 6.44. The minimum Gasteiger partial charge on any atom is -0.494 e. The molecule has 1 saturated heterocycles. The van der Waals surface area contributed by atoms with E-state index in [1.165, 1.54) is 25.3 Å². The summed E-state index contributed by atoms with van der Waals surface area (Å²) in [6, 6.07) is 19.3. The van der Waals surface area contributed by atoms with Gasteiger partial charge in [-0.1, -0.05) is 36.4 Å². The van der Waals surface area contributed by atoms with Gasteiger partial charge in [0.05, 0.1) is 48.4 Å². The van der Waals surface area contributed by atoms with Crippen LogP contribution in [0, 0.1) is 10.1 Å². The molecule has 5 rings (SSSR count). The molecule has 0 radical (unpaired) electrons. The third kappa shape index (κ3) is 5.56. The van der Waals surface area contributed by atoms with Crippen LogP contribution in [0.3, 0.4) is 0 Å². The van der Waals surface area contributed by atoms with E-state index in [2.05, 4.69) is 27.7 Å². The number of hydrogen-bond donors (Lipinski definition) is 2. The number of rotatable bonds is 7. The van der Waals surface area contributed by atoms with E-state index in [0.29, 0.717) is 11.4 Å². The van der Waals surface area contributed by atoms with Crippen LogP contribution in [0.4, 0.5) is 21.9 Å². The van der Waals surface area contributed by atoms with Gasteiger partial charge in [-0.2, -0.15) is 0 Å². The molecule has 1 fully saturated rings. The minimum absolute atomic E-state index is 0.127. The van der Waals surface area contributed by atoms with Crippen LogP contribution in [-0.2, 0) is 11.3 Å². The Morgan fingerprint density at radius 1 is 1.03 bits per heavy atom. The molecule has 0 bridgehead atoms. The number of morpholine rings is 1. The van der Waals surface area contributed by atoms with Gasteiger partial charge < -0.3 is 20.1 Å². The van der Waals surface area contributed by atoms with Gasteiger partial charge in [-0.15, -0.1) is 0 Å². The van der Waals surface area contributed by atoms with E-state index >= 15 is 0 Å². The molecule has 4 aromatic rings. The molecule has 0 saturated carbocycles. The summed E-state index contributed by atoms with van der Waals surface area (Å²) < 4.78 is 10.6. The zero-order valence-corrected chi connectivity index (χ0v) is 20.8. The summed E-state index contributed by atoms with van der Waals surface area (Å²) in [5.74, 6) is 0.194. The molecule has 3 aromatic carbocycles. The molecule has 1 aliphatic heterocycles. The van der Waals surface area contributed by atoms with Crippen molar-refractivity contribution in [3.05, 3.63) is 88.7 Å². The first-order valence-electron chi connectivity index (χ1n) is 12.2. The molecular formula is C28H27N5O5. The highest BCUT2D eigenvalue weighted by Crippen LogP contribution is 2.34. The van der Waals surface area contributed by atoms with Gasteiger partial charge in [0.15, 0.2) is 0 Å². The predicted molar refractivity (Wildman–Crippen MR) is 146 cm³/mol. The summed E-state index contributed by atoms with van der Waals surface area (Å²) in [6.07, 6.45) is 1.89. The van der Waals surface area contributed by atoms with E-state index in [1.807, 2.05) is 42.6 Å². The first-order valence-corrected chi connectivity index (χ1v) is 12.2. The molecule has 0 atom stereocenters. The highest BCUT2D eigenvalue weighted by molar-refractivity contribution is 6.10. The molecular weight excluding hydrogens is 486 g/mol. The average molecular weight is 514 g/mol. The number of nitrogens with zero attached hydrogens (tertiary/aromatic N) is 3. The molecule has 1 aliphatic rings. The zero-order valence-electron chi connectivity index (χ0n) is 20.8. The molecule has 1 aromatic heterocycles. The number of carbonyl (C=O) groups is 1. The van der Waals surface area contributed by atoms with E-state index in [-0.39, 0.29) is 11.4 Å². The van der Waals surface area contributed by atoms with Gasteiger partial charge in [0.2, 0.25) is 0 Å². The quantitative estimate of drug-likeness (QED) is 0.254. The number of methoxy groups -OCH3 is 1. The standard InChI is InChI=1S/C28H27N5O5/c1-37-27-16-21(33(35)36)8-10-26(27)31-28(34)30-25-11-9-22(23-4-2-3-5-24(23)25)19-6-7-20(29-17-19)18-32-12-14-38-15-13-32/h2-11,16-17H,12-15,18H2,1H3,(H2,30,31,34). The van der Waals surface area contributed by atoms with Crippen molar-refractivity contribution in [2.75, 3.05) is 44.0 Å². The zero-order chi connectivity index (χ0) is 26.5. The highest BCUT2D eigenvalue weighted by Gasteiger charge is 2.16. The molecule has 2 amide bonds. The SMILES string of the molecule is COc1cc([N+](=O)[O-])ccc1NC(=O)Nc1ccc(-c2ccc(CN3CCOCC3)nc2)c2ccccc12. The number of urea groups is 1. The molecule has 10 heteroatoms. The molecule has 2 N–H and O–H groups in total. The number of fused-ring (bicyclic) bond motifs is 1. The van der Waals surface area contributed by atoms with Crippen molar-refractivity contribution >= 4 is 33.9 Å². The van der Waals surface area contributed by atoms with Gasteiger partial charge in [0.25, 0.3) is 5.69 Å². The predicted octanol–water partition coefficient (Wildman–Crippen LogP) is 5.29. The van der Waals surface area contributed by atoms with Crippen molar-refractivity contribution < 1.29 is 19.2 Å². The second kappa shape index (κ2) is 11.2. The normalized spacial score (nSPS) is 13.7. The van der Waals surface area contributed by atoms with Crippen LogP contribution < -0.4 is 15.4 Å². The summed E-state index contributed by atoms with van der Waals surface area (Å²) in [6.45, 7) is 4.12. The van der Waals surface area contributed by atoms with Crippen LogP contribution in [0.2, 0.25) is 0 Å². The van der Waals surface area contributed by atoms with Crippen LogP contribution in [-0.4, -0.2) is 54.3 Å². The molecule has 2 heterocycles. The van der Waals surface area contributed by atoms with Crippen LogP contribution in [0.15, 0.2) is 72.9 Å². The maximum atomic E-state index is 12.8. The Kier molecular flexibility index (Phi) is 7.43. The number of ether oxygens (including phenoxy) is 2. The lowest BCUT2D eigenvalue weighted by atomic mass is 9.98. The Balaban J connectivity index is 1.35. The van der Waals surface area contributed by atoms with E-state index in [4.69, 9.17) is 14.5 Å². The second-order valence-electron chi connectivity index (χ2n) is 8.85. The van der Waals surface area contributed by atoms with Crippen molar-refractivity contribution in [1.82, 2.24) is 9.88 Å². The largest absolute Gasteiger partial charge is 0.494 e. The summed E-state index contributed by atoms with van der Waals surface area (Å²) >= 11 is 0. The smallest absolute Gasteiger partial charge is 0.323 e. The first-order chi connectivity index (χ1) is 18.5. The number of anilines is 2. The van der Waals surface area contributed by atoms with Crippen LogP contribution in [0.1, 0.15) is 5.69 Å². The van der Waals surface area contributed by atoms with Crippen LogP contribution in [0.5, 0.6) is 5.75 Å². The van der Waals surface area contributed by atoms with E-state index < -0.39 is 11.0 Å². The Labute approximate surface area is 219 Å². The Morgan fingerprint density at radius 3 is 2.47 bits per heavy atom. The van der Waals surface area contributed by atoms with Crippen molar-refractivity contribution in [2.24, 2.45) is 0 Å². The molecule has 0 spiro atoms. The number of carbonyl (C=O) groups excluding carboxylic acids is 1. The number of nitro benzene ring substituents is 1. The fourth-order valence-electron chi connectivity index (χ4n) is 4.50. The van der Waals surface area contributed by atoms with Gasteiger partial charge >= 0.3 is 6.03 Å². The number of non-ortho nitro benzene ring substituents is 1. The van der Waals surface area contributed by atoms with Crippen molar-refractivity contribution in [3.63, 3.8) is 0 Å². The summed E-state index contributed by atoms with van der Waals surface area (Å²) in [4.78, 5) is 30.4. The lowest BCUT2D eigenvalue weighted by Gasteiger charge is -2.26. The molecule has 10 nitrogen and oxygen atoms in total. The maximum absolute atomic E-state index is 12.8. The summed E-state index contributed by atoms with van der Waals surface area (Å²) in [5.41, 5.74) is 3.82. The Morgan fingerprint density at radius 2 is 1.76 bits per heavy atom. The average Bonchev–Trinajstić information content (AvgIpc) is 2.94. The summed E-state index contributed by atoms with van der Waals surface area (Å²) in [7, 11) is 1.39. The van der Waals surface area contributed by atoms with Crippen molar-refractivity contribution in [1.29, 1.82) is 0 Å². The van der Waals surface area contributed by atoms with E-state index in [9.17, 15) is 14.9 Å². The lowest BCUT2D eigenvalue weighted by Crippen LogP contribution is -2.35. The van der Waals surface area contributed by atoms with Gasteiger partial charge in [0.1, 0.15) is 5.75 Å². The van der Waals surface area contributed by atoms with E-state index in [0.717, 1.165) is 60.4 Å². The number of benzene rings is 3. The summed E-state index contributed by atoms with van der Waals surface area (Å²) in [5, 5.41) is 18.5. The fourth-order valence-corrected chi connectivity index (χ4v) is 4.50. The molecule has 0 unspecified atom stereocenters. The first kappa shape index (κ1) is 25.1. The van der Waals surface area contributed by atoms with Gasteiger partial charge in [-0.25, -0.2) is 4.79 Å². The lowest BCUT2D eigenvalue weighted by molar-refractivity contribution is -0.384. The maximum Gasteiger partial charge on any atom is 0.323 e. The molecule has 194 valence electrons. The molecule has 38 heavy (non-hydrogen) atoms. The second-order valence-corrected chi connectivity index (χ2v) is 8.85. The Hall–Kier alpha value is -4.54. The van der Waals surface area contributed by atoms with Crippen LogP contribution in [0.25, 0.3) is 21.9 Å². The number of pyridine rings is 1. The minimum atomic E-state index is -0.521. The highest BCUT2D eigenvalue weighted by atomic mass is 16.6.